The molecule has 0 saturated carbocycles. The second kappa shape index (κ2) is 8.89. The summed E-state index contributed by atoms with van der Waals surface area (Å²) in [5.41, 5.74) is 1.32. The number of ether oxygens (including phenoxy) is 2. The van der Waals surface area contributed by atoms with Gasteiger partial charge in [0.15, 0.2) is 11.6 Å². The molecule has 0 N–H and O–H groups in total. The minimum absolute atomic E-state index is 0.00282. The molecule has 1 heterocycles. The van der Waals surface area contributed by atoms with E-state index in [2.05, 4.69) is 0 Å². The Balaban J connectivity index is 1.82. The van der Waals surface area contributed by atoms with Crippen molar-refractivity contribution in [2.45, 2.75) is 44.6 Å². The quantitative estimate of drug-likeness (QED) is 0.648. The Kier molecular flexibility index (Phi) is 6.55. The van der Waals surface area contributed by atoms with Crippen LogP contribution >= 0.6 is 0 Å². The summed E-state index contributed by atoms with van der Waals surface area (Å²) in [5.74, 6) is -2.38. The SMILES string of the molecule is CCCc1ccc(-c2ccc(C3CCC(COC)OC3)c(F)c2F)cc1F. The van der Waals surface area contributed by atoms with Gasteiger partial charge >= 0.3 is 0 Å². The fourth-order valence-electron chi connectivity index (χ4n) is 3.66. The molecule has 0 radical (unpaired) electrons. The number of aryl methyl sites for hydroxylation is 1. The summed E-state index contributed by atoms with van der Waals surface area (Å²) in [4.78, 5) is 0. The molecule has 146 valence electrons. The lowest BCUT2D eigenvalue weighted by Crippen LogP contribution is -2.28. The first kappa shape index (κ1) is 19.9. The molecule has 2 unspecified atom stereocenters. The van der Waals surface area contributed by atoms with Crippen molar-refractivity contribution in [2.24, 2.45) is 0 Å². The molecule has 2 aromatic rings. The fourth-order valence-corrected chi connectivity index (χ4v) is 3.66. The van der Waals surface area contributed by atoms with Crippen molar-refractivity contribution in [2.75, 3.05) is 20.3 Å². The van der Waals surface area contributed by atoms with E-state index in [1.165, 1.54) is 12.1 Å². The van der Waals surface area contributed by atoms with E-state index in [-0.39, 0.29) is 23.4 Å². The molecule has 2 aromatic carbocycles. The summed E-state index contributed by atoms with van der Waals surface area (Å²) in [6.45, 7) is 2.81. The molecule has 2 atom stereocenters. The molecule has 0 amide bonds. The van der Waals surface area contributed by atoms with Gasteiger partial charge in [-0.2, -0.15) is 0 Å². The molecule has 3 rings (SSSR count). The molecule has 0 bridgehead atoms. The van der Waals surface area contributed by atoms with Gasteiger partial charge in [0.05, 0.1) is 19.3 Å². The van der Waals surface area contributed by atoms with Crippen molar-refractivity contribution >= 4 is 0 Å². The van der Waals surface area contributed by atoms with Crippen LogP contribution in [0.5, 0.6) is 0 Å². The zero-order valence-corrected chi connectivity index (χ0v) is 15.7. The first-order valence-corrected chi connectivity index (χ1v) is 9.42. The van der Waals surface area contributed by atoms with Crippen LogP contribution in [0.1, 0.15) is 43.2 Å². The highest BCUT2D eigenvalue weighted by molar-refractivity contribution is 5.65. The average Bonchev–Trinajstić information content (AvgIpc) is 2.67. The van der Waals surface area contributed by atoms with Gasteiger partial charge in [0, 0.05) is 18.6 Å². The fraction of sp³-hybridized carbons (Fsp3) is 0.455. The van der Waals surface area contributed by atoms with Crippen LogP contribution in [0.4, 0.5) is 13.2 Å². The highest BCUT2D eigenvalue weighted by Gasteiger charge is 2.27. The number of rotatable bonds is 6. The lowest BCUT2D eigenvalue weighted by molar-refractivity contribution is -0.0381. The van der Waals surface area contributed by atoms with Crippen molar-refractivity contribution < 1.29 is 22.6 Å². The molecule has 1 aliphatic heterocycles. The number of benzene rings is 2. The Hall–Kier alpha value is -1.85. The summed E-state index contributed by atoms with van der Waals surface area (Å²) >= 11 is 0. The Morgan fingerprint density at radius 2 is 1.89 bits per heavy atom. The van der Waals surface area contributed by atoms with Crippen LogP contribution in [0.2, 0.25) is 0 Å². The number of hydrogen-bond donors (Lipinski definition) is 0. The minimum Gasteiger partial charge on any atom is -0.382 e. The molecule has 1 saturated heterocycles. The predicted molar refractivity (Wildman–Crippen MR) is 99.3 cm³/mol. The summed E-state index contributed by atoms with van der Waals surface area (Å²) in [5, 5.41) is 0. The third-order valence-corrected chi connectivity index (χ3v) is 5.16. The summed E-state index contributed by atoms with van der Waals surface area (Å²) in [7, 11) is 1.61. The summed E-state index contributed by atoms with van der Waals surface area (Å²) in [6, 6.07) is 7.69. The molecule has 5 heteroatoms. The van der Waals surface area contributed by atoms with Crippen molar-refractivity contribution in [3.8, 4) is 11.1 Å². The van der Waals surface area contributed by atoms with E-state index in [1.807, 2.05) is 6.92 Å². The van der Waals surface area contributed by atoms with Gasteiger partial charge in [0.1, 0.15) is 5.82 Å². The van der Waals surface area contributed by atoms with E-state index in [1.54, 1.807) is 25.3 Å². The topological polar surface area (TPSA) is 18.5 Å². The van der Waals surface area contributed by atoms with Crippen LogP contribution in [0.15, 0.2) is 30.3 Å². The van der Waals surface area contributed by atoms with E-state index in [0.717, 1.165) is 12.8 Å². The lowest BCUT2D eigenvalue weighted by atomic mass is 9.89. The first-order valence-electron chi connectivity index (χ1n) is 9.42. The zero-order chi connectivity index (χ0) is 19.4. The van der Waals surface area contributed by atoms with Gasteiger partial charge in [-0.25, -0.2) is 13.2 Å². The van der Waals surface area contributed by atoms with Crippen molar-refractivity contribution in [1.29, 1.82) is 0 Å². The number of hydrogen-bond acceptors (Lipinski definition) is 2. The van der Waals surface area contributed by atoms with E-state index < -0.39 is 11.6 Å². The third kappa shape index (κ3) is 4.36. The molecule has 2 nitrogen and oxygen atoms in total. The number of halogens is 3. The summed E-state index contributed by atoms with van der Waals surface area (Å²) < 4.78 is 54.4. The standard InChI is InChI=1S/C22H25F3O2/c1-3-4-14-5-6-15(11-20(14)23)18-9-10-19(22(25)21(18)24)16-7-8-17(13-26-2)27-12-16/h5-6,9-11,16-17H,3-4,7-8,12-13H2,1-2H3. The molecule has 0 spiro atoms. The van der Waals surface area contributed by atoms with Gasteiger partial charge in [0.2, 0.25) is 0 Å². The maximum atomic E-state index is 14.7. The predicted octanol–water partition coefficient (Wildman–Crippen LogP) is 5.63. The highest BCUT2D eigenvalue weighted by Crippen LogP contribution is 2.34. The first-order chi connectivity index (χ1) is 13.0. The molecular formula is C22H25F3O2. The molecule has 27 heavy (non-hydrogen) atoms. The molecule has 1 fully saturated rings. The van der Waals surface area contributed by atoms with Gasteiger partial charge in [0.25, 0.3) is 0 Å². The van der Waals surface area contributed by atoms with Gasteiger partial charge in [-0.05, 0) is 42.0 Å². The molecular weight excluding hydrogens is 353 g/mol. The summed E-state index contributed by atoms with van der Waals surface area (Å²) in [6.07, 6.45) is 2.90. The molecule has 0 aliphatic carbocycles. The second-order valence-electron chi connectivity index (χ2n) is 7.07. The van der Waals surface area contributed by atoms with Crippen molar-refractivity contribution in [1.82, 2.24) is 0 Å². The Bertz CT molecular complexity index is 783. The molecule has 1 aliphatic rings. The van der Waals surface area contributed by atoms with Crippen LogP contribution in [0.3, 0.4) is 0 Å². The van der Waals surface area contributed by atoms with Gasteiger partial charge < -0.3 is 9.47 Å². The number of methoxy groups -OCH3 is 1. The van der Waals surface area contributed by atoms with Gasteiger partial charge in [-0.1, -0.05) is 37.6 Å². The van der Waals surface area contributed by atoms with Gasteiger partial charge in [-0.3, -0.25) is 0 Å². The van der Waals surface area contributed by atoms with E-state index in [0.29, 0.717) is 42.7 Å². The zero-order valence-electron chi connectivity index (χ0n) is 15.7. The van der Waals surface area contributed by atoms with Crippen LogP contribution in [0.25, 0.3) is 11.1 Å². The van der Waals surface area contributed by atoms with Crippen molar-refractivity contribution in [3.63, 3.8) is 0 Å². The largest absolute Gasteiger partial charge is 0.382 e. The highest BCUT2D eigenvalue weighted by atomic mass is 19.2. The van der Waals surface area contributed by atoms with Crippen LogP contribution in [-0.4, -0.2) is 26.4 Å². The van der Waals surface area contributed by atoms with E-state index in [9.17, 15) is 13.2 Å². The van der Waals surface area contributed by atoms with E-state index >= 15 is 0 Å². The second-order valence-corrected chi connectivity index (χ2v) is 7.07. The Morgan fingerprint density at radius 3 is 2.52 bits per heavy atom. The smallest absolute Gasteiger partial charge is 0.166 e. The van der Waals surface area contributed by atoms with E-state index in [4.69, 9.17) is 9.47 Å². The monoisotopic (exact) mass is 378 g/mol. The van der Waals surface area contributed by atoms with Crippen LogP contribution in [-0.2, 0) is 15.9 Å². The Labute approximate surface area is 158 Å². The molecule has 0 aromatic heterocycles. The average molecular weight is 378 g/mol. The van der Waals surface area contributed by atoms with Crippen LogP contribution < -0.4 is 0 Å². The van der Waals surface area contributed by atoms with Gasteiger partial charge in [-0.15, -0.1) is 0 Å². The minimum atomic E-state index is -0.936. The maximum absolute atomic E-state index is 14.7. The van der Waals surface area contributed by atoms with Crippen LogP contribution in [0, 0.1) is 17.5 Å². The lowest BCUT2D eigenvalue weighted by Gasteiger charge is -2.29. The van der Waals surface area contributed by atoms with Crippen molar-refractivity contribution in [3.05, 3.63) is 58.9 Å². The normalized spacial score (nSPS) is 20.0. The Morgan fingerprint density at radius 1 is 1.07 bits per heavy atom. The maximum Gasteiger partial charge on any atom is 0.166 e. The third-order valence-electron chi connectivity index (χ3n) is 5.16.